The van der Waals surface area contributed by atoms with E-state index in [0.29, 0.717) is 19.8 Å². The summed E-state index contributed by atoms with van der Waals surface area (Å²) < 4.78 is 10.3. The van der Waals surface area contributed by atoms with Crippen LogP contribution < -0.4 is 11.1 Å². The lowest BCUT2D eigenvalue weighted by molar-refractivity contribution is -0.119. The van der Waals surface area contributed by atoms with Gasteiger partial charge in [-0.2, -0.15) is 0 Å². The Morgan fingerprint density at radius 3 is 2.44 bits per heavy atom. The molecule has 0 bridgehead atoms. The zero-order valence-electron chi connectivity index (χ0n) is 10.5. The summed E-state index contributed by atoms with van der Waals surface area (Å²) >= 11 is 0. The summed E-state index contributed by atoms with van der Waals surface area (Å²) in [6, 6.07) is -0.101. The van der Waals surface area contributed by atoms with E-state index in [1.54, 1.807) is 0 Å². The third kappa shape index (κ3) is 3.35. The molecule has 16 heavy (non-hydrogen) atoms. The van der Waals surface area contributed by atoms with E-state index in [-0.39, 0.29) is 11.5 Å². The molecule has 5 nitrogen and oxygen atoms in total. The van der Waals surface area contributed by atoms with E-state index in [9.17, 15) is 4.79 Å². The van der Waals surface area contributed by atoms with Crippen LogP contribution >= 0.6 is 0 Å². The highest BCUT2D eigenvalue weighted by Gasteiger charge is 2.41. The topological polar surface area (TPSA) is 73.6 Å². The van der Waals surface area contributed by atoms with Gasteiger partial charge < -0.3 is 20.5 Å². The standard InChI is InChI=1S/C11H22N2O3/c1-10(2,3)16-9(14)13-8(5-12)11(4)6-15-7-11/h8H,5-7,12H2,1-4H3,(H,13,14). The highest BCUT2D eigenvalue weighted by molar-refractivity contribution is 5.68. The predicted molar refractivity (Wildman–Crippen MR) is 61.1 cm³/mol. The van der Waals surface area contributed by atoms with Crippen molar-refractivity contribution in [1.82, 2.24) is 5.32 Å². The highest BCUT2D eigenvalue weighted by atomic mass is 16.6. The largest absolute Gasteiger partial charge is 0.444 e. The van der Waals surface area contributed by atoms with Crippen LogP contribution in [-0.4, -0.2) is 37.5 Å². The van der Waals surface area contributed by atoms with Gasteiger partial charge in [0.25, 0.3) is 0 Å². The van der Waals surface area contributed by atoms with Crippen LogP contribution in [0.3, 0.4) is 0 Å². The van der Waals surface area contributed by atoms with E-state index in [0.717, 1.165) is 0 Å². The van der Waals surface area contributed by atoms with Gasteiger partial charge in [0.05, 0.1) is 19.3 Å². The van der Waals surface area contributed by atoms with Crippen molar-refractivity contribution < 1.29 is 14.3 Å². The lowest BCUT2D eigenvalue weighted by Gasteiger charge is -2.44. The summed E-state index contributed by atoms with van der Waals surface area (Å²) in [5, 5.41) is 2.80. The van der Waals surface area contributed by atoms with Crippen LogP contribution in [-0.2, 0) is 9.47 Å². The fourth-order valence-electron chi connectivity index (χ4n) is 1.59. The summed E-state index contributed by atoms with van der Waals surface area (Å²) in [6.45, 7) is 9.19. The normalized spacial score (nSPS) is 20.8. The lowest BCUT2D eigenvalue weighted by atomic mass is 9.80. The van der Waals surface area contributed by atoms with E-state index in [4.69, 9.17) is 15.2 Å². The third-order valence-electron chi connectivity index (χ3n) is 2.63. The molecule has 5 heteroatoms. The Hall–Kier alpha value is -0.810. The number of rotatable bonds is 3. The Kier molecular flexibility index (Phi) is 3.80. The lowest BCUT2D eigenvalue weighted by Crippen LogP contribution is -2.59. The molecule has 1 saturated heterocycles. The summed E-state index contributed by atoms with van der Waals surface area (Å²) in [6.07, 6.45) is -0.420. The maximum atomic E-state index is 11.6. The zero-order valence-corrected chi connectivity index (χ0v) is 10.5. The Morgan fingerprint density at radius 1 is 1.56 bits per heavy atom. The van der Waals surface area contributed by atoms with Crippen molar-refractivity contribution in [3.63, 3.8) is 0 Å². The van der Waals surface area contributed by atoms with Gasteiger partial charge in [0, 0.05) is 12.0 Å². The predicted octanol–water partition coefficient (Wildman–Crippen LogP) is 0.875. The van der Waals surface area contributed by atoms with Crippen LogP contribution in [0.15, 0.2) is 0 Å². The van der Waals surface area contributed by atoms with Gasteiger partial charge in [0.15, 0.2) is 0 Å². The molecule has 1 amide bonds. The molecular weight excluding hydrogens is 208 g/mol. The highest BCUT2D eigenvalue weighted by Crippen LogP contribution is 2.30. The minimum absolute atomic E-state index is 0.0638. The molecule has 0 saturated carbocycles. The zero-order chi connectivity index (χ0) is 12.4. The molecule has 0 aromatic carbocycles. The molecule has 1 aliphatic heterocycles. The van der Waals surface area contributed by atoms with E-state index >= 15 is 0 Å². The second kappa shape index (κ2) is 4.59. The van der Waals surface area contributed by atoms with Crippen LogP contribution in [0.5, 0.6) is 0 Å². The molecule has 1 heterocycles. The average molecular weight is 230 g/mol. The summed E-state index contributed by atoms with van der Waals surface area (Å²) in [7, 11) is 0. The first-order valence-corrected chi connectivity index (χ1v) is 5.54. The first-order chi connectivity index (χ1) is 7.27. The third-order valence-corrected chi connectivity index (χ3v) is 2.63. The van der Waals surface area contributed by atoms with Gasteiger partial charge in [0.2, 0.25) is 0 Å². The van der Waals surface area contributed by atoms with Gasteiger partial charge >= 0.3 is 6.09 Å². The molecule has 3 N–H and O–H groups in total. The van der Waals surface area contributed by atoms with Crippen molar-refractivity contribution >= 4 is 6.09 Å². The van der Waals surface area contributed by atoms with Gasteiger partial charge in [-0.05, 0) is 20.8 Å². The van der Waals surface area contributed by atoms with Gasteiger partial charge in [-0.25, -0.2) is 4.79 Å². The fraction of sp³-hybridized carbons (Fsp3) is 0.909. The Bertz CT molecular complexity index is 256. The van der Waals surface area contributed by atoms with Crippen molar-refractivity contribution in [3.8, 4) is 0 Å². The average Bonchev–Trinajstić information content (AvgIpc) is 2.07. The van der Waals surface area contributed by atoms with Crippen LogP contribution in [0.2, 0.25) is 0 Å². The van der Waals surface area contributed by atoms with Gasteiger partial charge in [-0.15, -0.1) is 0 Å². The number of carbonyl (C=O) groups is 1. The number of nitrogens with one attached hydrogen (secondary N) is 1. The smallest absolute Gasteiger partial charge is 0.407 e. The van der Waals surface area contributed by atoms with E-state index in [1.807, 2.05) is 27.7 Å². The molecule has 1 aliphatic rings. The van der Waals surface area contributed by atoms with Crippen molar-refractivity contribution in [2.45, 2.75) is 39.3 Å². The van der Waals surface area contributed by atoms with Crippen molar-refractivity contribution in [1.29, 1.82) is 0 Å². The van der Waals surface area contributed by atoms with E-state index in [2.05, 4.69) is 5.32 Å². The van der Waals surface area contributed by atoms with Crippen molar-refractivity contribution in [2.75, 3.05) is 19.8 Å². The molecule has 1 atom stereocenters. The number of hydrogen-bond donors (Lipinski definition) is 2. The van der Waals surface area contributed by atoms with Gasteiger partial charge in [-0.1, -0.05) is 6.92 Å². The SMILES string of the molecule is CC(C)(C)OC(=O)NC(CN)C1(C)COC1. The molecule has 1 rings (SSSR count). The van der Waals surface area contributed by atoms with Crippen LogP contribution in [0.25, 0.3) is 0 Å². The number of alkyl carbamates (subject to hydrolysis) is 1. The fourth-order valence-corrected chi connectivity index (χ4v) is 1.59. The van der Waals surface area contributed by atoms with Crippen LogP contribution in [0, 0.1) is 5.41 Å². The van der Waals surface area contributed by atoms with Gasteiger partial charge in [0.1, 0.15) is 5.60 Å². The molecule has 0 radical (unpaired) electrons. The number of ether oxygens (including phenoxy) is 2. The molecular formula is C11H22N2O3. The summed E-state index contributed by atoms with van der Waals surface area (Å²) in [5.41, 5.74) is 5.10. The van der Waals surface area contributed by atoms with Crippen LogP contribution in [0.4, 0.5) is 4.79 Å². The van der Waals surface area contributed by atoms with Crippen LogP contribution in [0.1, 0.15) is 27.7 Å². The number of hydrogen-bond acceptors (Lipinski definition) is 4. The molecule has 0 aliphatic carbocycles. The second-order valence-corrected chi connectivity index (χ2v) is 5.58. The minimum atomic E-state index is -0.486. The molecule has 1 fully saturated rings. The van der Waals surface area contributed by atoms with Gasteiger partial charge in [-0.3, -0.25) is 0 Å². The minimum Gasteiger partial charge on any atom is -0.444 e. The Balaban J connectivity index is 2.47. The number of carbonyl (C=O) groups excluding carboxylic acids is 1. The van der Waals surface area contributed by atoms with E-state index < -0.39 is 11.7 Å². The maximum absolute atomic E-state index is 11.6. The quantitative estimate of drug-likeness (QED) is 0.754. The number of nitrogens with two attached hydrogens (primary N) is 1. The molecule has 1 unspecified atom stereocenters. The first kappa shape index (κ1) is 13.3. The molecule has 0 aromatic heterocycles. The summed E-state index contributed by atoms with van der Waals surface area (Å²) in [5.74, 6) is 0. The second-order valence-electron chi connectivity index (χ2n) is 5.58. The first-order valence-electron chi connectivity index (χ1n) is 5.54. The van der Waals surface area contributed by atoms with Crippen molar-refractivity contribution in [2.24, 2.45) is 11.1 Å². The molecule has 0 aromatic rings. The Morgan fingerprint density at radius 2 is 2.12 bits per heavy atom. The van der Waals surface area contributed by atoms with E-state index in [1.165, 1.54) is 0 Å². The van der Waals surface area contributed by atoms with Crippen molar-refractivity contribution in [3.05, 3.63) is 0 Å². The summed E-state index contributed by atoms with van der Waals surface area (Å²) in [4.78, 5) is 11.6. The monoisotopic (exact) mass is 230 g/mol. The number of amides is 1. The molecule has 94 valence electrons. The Labute approximate surface area is 96.7 Å². The molecule has 0 spiro atoms. The maximum Gasteiger partial charge on any atom is 0.407 e.